The van der Waals surface area contributed by atoms with E-state index in [-0.39, 0.29) is 12.2 Å². The molecule has 0 saturated heterocycles. The topological polar surface area (TPSA) is 108 Å². The zero-order valence-electron chi connectivity index (χ0n) is 24.9. The van der Waals surface area contributed by atoms with Gasteiger partial charge >= 0.3 is 6.09 Å². The second-order valence-electron chi connectivity index (χ2n) is 12.1. The first kappa shape index (κ1) is 31.2. The lowest BCUT2D eigenvalue weighted by atomic mass is 9.94. The first-order valence-corrected chi connectivity index (χ1v) is 13.7. The van der Waals surface area contributed by atoms with Crippen molar-refractivity contribution in [2.75, 3.05) is 5.32 Å². The summed E-state index contributed by atoms with van der Waals surface area (Å²) >= 11 is 0. The Balaban J connectivity index is 2.10. The Hall–Kier alpha value is -4.33. The number of para-hydroxylation sites is 1. The maximum absolute atomic E-state index is 14.5. The second-order valence-corrected chi connectivity index (χ2v) is 12.1. The summed E-state index contributed by atoms with van der Waals surface area (Å²) in [5, 5.41) is 15.7. The number of aromatic hydroxyl groups is 1. The summed E-state index contributed by atoms with van der Waals surface area (Å²) in [5.41, 5.74) is 1.21. The Labute approximate surface area is 242 Å². The Bertz CT molecular complexity index is 1340. The number of hydrogen-bond donors (Lipinski definition) is 3. The third kappa shape index (κ3) is 8.83. The van der Waals surface area contributed by atoms with E-state index in [0.29, 0.717) is 11.3 Å². The molecule has 2 atom stereocenters. The lowest BCUT2D eigenvalue weighted by molar-refractivity contribution is -0.146. The average molecular weight is 560 g/mol. The zero-order valence-corrected chi connectivity index (χ0v) is 24.9. The maximum atomic E-state index is 14.5. The molecule has 0 aliphatic carbocycles. The van der Waals surface area contributed by atoms with Gasteiger partial charge in [-0.1, -0.05) is 60.7 Å². The van der Waals surface area contributed by atoms with Gasteiger partial charge in [-0.2, -0.15) is 0 Å². The standard InChI is InChI=1S/C33H41N3O5/c1-22-13-11-12-16-26(22)34-29(38)28(24-17-19-25(37)20-18-24)36(32(2,3)4)30(39)27(21-23-14-9-8-10-15-23)35-31(40)41-33(5,6)7/h8-20,27-28,37H,21H2,1-7H3,(H,34,38)(H,35,40). The van der Waals surface area contributed by atoms with Crippen molar-refractivity contribution in [1.29, 1.82) is 0 Å². The fraction of sp³-hybridized carbons (Fsp3) is 0.364. The number of aryl methyl sites for hydroxylation is 1. The summed E-state index contributed by atoms with van der Waals surface area (Å²) in [5.74, 6) is -0.844. The summed E-state index contributed by atoms with van der Waals surface area (Å²) in [6.07, 6.45) is -0.543. The number of anilines is 1. The number of benzene rings is 3. The van der Waals surface area contributed by atoms with Crippen molar-refractivity contribution in [3.8, 4) is 5.75 Å². The summed E-state index contributed by atoms with van der Waals surface area (Å²) in [7, 11) is 0. The minimum absolute atomic E-state index is 0.0361. The number of ether oxygens (including phenoxy) is 1. The lowest BCUT2D eigenvalue weighted by Gasteiger charge is -2.43. The third-order valence-corrected chi connectivity index (χ3v) is 6.35. The summed E-state index contributed by atoms with van der Waals surface area (Å²) < 4.78 is 5.49. The van der Waals surface area contributed by atoms with Crippen LogP contribution in [0.4, 0.5) is 10.5 Å². The van der Waals surface area contributed by atoms with Crippen molar-refractivity contribution in [1.82, 2.24) is 10.2 Å². The molecule has 41 heavy (non-hydrogen) atoms. The monoisotopic (exact) mass is 559 g/mol. The minimum atomic E-state index is -1.08. The lowest BCUT2D eigenvalue weighted by Crippen LogP contribution is -2.58. The molecule has 3 amide bonds. The van der Waals surface area contributed by atoms with Gasteiger partial charge in [0.15, 0.2) is 0 Å². The number of phenolic OH excluding ortho intramolecular Hbond substituents is 1. The molecule has 0 aliphatic rings. The molecule has 3 aromatic rings. The Morgan fingerprint density at radius 3 is 2.00 bits per heavy atom. The number of carbonyl (C=O) groups is 3. The molecule has 0 spiro atoms. The van der Waals surface area contributed by atoms with Crippen LogP contribution in [0.1, 0.15) is 64.3 Å². The third-order valence-electron chi connectivity index (χ3n) is 6.35. The fourth-order valence-corrected chi connectivity index (χ4v) is 4.50. The molecule has 0 heterocycles. The van der Waals surface area contributed by atoms with Crippen LogP contribution in [-0.4, -0.2) is 45.1 Å². The van der Waals surface area contributed by atoms with E-state index in [2.05, 4.69) is 10.6 Å². The van der Waals surface area contributed by atoms with Gasteiger partial charge in [0.2, 0.25) is 5.91 Å². The van der Waals surface area contributed by atoms with Gasteiger partial charge in [0.1, 0.15) is 23.4 Å². The van der Waals surface area contributed by atoms with Gasteiger partial charge in [0, 0.05) is 17.6 Å². The number of hydrogen-bond acceptors (Lipinski definition) is 5. The van der Waals surface area contributed by atoms with E-state index in [1.807, 2.05) is 76.2 Å². The molecule has 218 valence electrons. The van der Waals surface area contributed by atoms with E-state index < -0.39 is 41.1 Å². The van der Waals surface area contributed by atoms with Gasteiger partial charge < -0.3 is 25.4 Å². The van der Waals surface area contributed by atoms with Crippen LogP contribution in [0, 0.1) is 6.92 Å². The zero-order chi connectivity index (χ0) is 30.4. The van der Waals surface area contributed by atoms with Crippen molar-refractivity contribution in [2.45, 2.75) is 78.1 Å². The van der Waals surface area contributed by atoms with Crippen molar-refractivity contribution < 1.29 is 24.2 Å². The van der Waals surface area contributed by atoms with E-state index in [9.17, 15) is 19.5 Å². The Morgan fingerprint density at radius 2 is 1.44 bits per heavy atom. The van der Waals surface area contributed by atoms with Gasteiger partial charge in [-0.05, 0) is 83.4 Å². The molecule has 0 fully saturated rings. The van der Waals surface area contributed by atoms with Crippen LogP contribution in [0.25, 0.3) is 0 Å². The normalized spacial score (nSPS) is 13.0. The Morgan fingerprint density at radius 1 is 0.854 bits per heavy atom. The highest BCUT2D eigenvalue weighted by molar-refractivity contribution is 5.99. The molecular formula is C33H41N3O5. The number of nitrogens with one attached hydrogen (secondary N) is 2. The minimum Gasteiger partial charge on any atom is -0.508 e. The highest BCUT2D eigenvalue weighted by Gasteiger charge is 2.42. The molecule has 2 unspecified atom stereocenters. The highest BCUT2D eigenvalue weighted by Crippen LogP contribution is 2.32. The Kier molecular flexibility index (Phi) is 9.81. The van der Waals surface area contributed by atoms with E-state index in [0.717, 1.165) is 11.1 Å². The van der Waals surface area contributed by atoms with Crippen molar-refractivity contribution in [2.24, 2.45) is 0 Å². The van der Waals surface area contributed by atoms with Crippen molar-refractivity contribution in [3.05, 3.63) is 95.6 Å². The molecule has 3 aromatic carbocycles. The number of rotatable bonds is 8. The van der Waals surface area contributed by atoms with Gasteiger partial charge in [0.25, 0.3) is 5.91 Å². The molecule has 0 radical (unpaired) electrons. The summed E-state index contributed by atoms with van der Waals surface area (Å²) in [4.78, 5) is 43.0. The van der Waals surface area contributed by atoms with Gasteiger partial charge in [-0.3, -0.25) is 9.59 Å². The van der Waals surface area contributed by atoms with Crippen molar-refractivity contribution in [3.63, 3.8) is 0 Å². The van der Waals surface area contributed by atoms with E-state index >= 15 is 0 Å². The number of carbonyl (C=O) groups excluding carboxylic acids is 3. The molecule has 0 bridgehead atoms. The van der Waals surface area contributed by atoms with Gasteiger partial charge in [0.05, 0.1) is 0 Å². The predicted octanol–water partition coefficient (Wildman–Crippen LogP) is 6.14. The quantitative estimate of drug-likeness (QED) is 0.307. The van der Waals surface area contributed by atoms with Crippen LogP contribution in [0.5, 0.6) is 5.75 Å². The van der Waals surface area contributed by atoms with Crippen LogP contribution in [0.3, 0.4) is 0 Å². The summed E-state index contributed by atoms with van der Waals surface area (Å²) in [6.45, 7) is 12.7. The highest BCUT2D eigenvalue weighted by atomic mass is 16.6. The number of amides is 3. The molecule has 8 nitrogen and oxygen atoms in total. The van der Waals surface area contributed by atoms with Crippen LogP contribution in [0.2, 0.25) is 0 Å². The smallest absolute Gasteiger partial charge is 0.408 e. The molecular weight excluding hydrogens is 518 g/mol. The molecule has 8 heteroatoms. The van der Waals surface area contributed by atoms with E-state index in [1.165, 1.54) is 17.0 Å². The van der Waals surface area contributed by atoms with E-state index in [4.69, 9.17) is 4.74 Å². The van der Waals surface area contributed by atoms with Gasteiger partial charge in [-0.15, -0.1) is 0 Å². The number of phenols is 1. The maximum Gasteiger partial charge on any atom is 0.408 e. The second kappa shape index (κ2) is 12.9. The average Bonchev–Trinajstić information content (AvgIpc) is 2.87. The van der Waals surface area contributed by atoms with Crippen LogP contribution in [0.15, 0.2) is 78.9 Å². The molecule has 0 aliphatic heterocycles. The van der Waals surface area contributed by atoms with Crippen LogP contribution in [-0.2, 0) is 20.7 Å². The molecule has 3 rings (SSSR count). The predicted molar refractivity (Wildman–Crippen MR) is 161 cm³/mol. The van der Waals surface area contributed by atoms with Crippen molar-refractivity contribution >= 4 is 23.6 Å². The largest absolute Gasteiger partial charge is 0.508 e. The summed E-state index contributed by atoms with van der Waals surface area (Å²) in [6, 6.07) is 20.8. The van der Waals surface area contributed by atoms with Crippen LogP contribution < -0.4 is 10.6 Å². The first-order valence-electron chi connectivity index (χ1n) is 13.7. The molecule has 3 N–H and O–H groups in total. The molecule has 0 aromatic heterocycles. The SMILES string of the molecule is Cc1ccccc1NC(=O)C(c1ccc(O)cc1)N(C(=O)C(Cc1ccccc1)NC(=O)OC(C)(C)C)C(C)(C)C. The van der Waals surface area contributed by atoms with E-state index in [1.54, 1.807) is 39.0 Å². The number of alkyl carbamates (subject to hydrolysis) is 1. The van der Waals surface area contributed by atoms with Crippen LogP contribution >= 0.6 is 0 Å². The molecule has 0 saturated carbocycles. The van der Waals surface area contributed by atoms with Gasteiger partial charge in [-0.25, -0.2) is 4.79 Å². The number of nitrogens with zero attached hydrogens (tertiary/aromatic N) is 1. The first-order chi connectivity index (χ1) is 19.2. The fourth-order valence-electron chi connectivity index (χ4n) is 4.50.